The third kappa shape index (κ3) is 8.45. The first-order valence-corrected chi connectivity index (χ1v) is 15.8. The van der Waals surface area contributed by atoms with Crippen molar-refractivity contribution in [2.75, 3.05) is 11.8 Å². The molecule has 2 aliphatic rings. The Morgan fingerprint density at radius 3 is 2.19 bits per heavy atom. The molecule has 2 fully saturated rings. The number of alkyl halides is 3. The van der Waals surface area contributed by atoms with E-state index in [1.54, 1.807) is 0 Å². The second-order valence-electron chi connectivity index (χ2n) is 9.48. The fourth-order valence-corrected chi connectivity index (χ4v) is 6.48. The van der Waals surface area contributed by atoms with Gasteiger partial charge in [-0.05, 0) is 55.7 Å². The van der Waals surface area contributed by atoms with Crippen LogP contribution in [0.2, 0.25) is 10.0 Å². The lowest BCUT2D eigenvalue weighted by atomic mass is 9.96. The average molecular weight is 671 g/mol. The molecule has 9 nitrogen and oxygen atoms in total. The summed E-state index contributed by atoms with van der Waals surface area (Å²) in [4.78, 5) is 37.5. The molecule has 1 saturated heterocycles. The second-order valence-corrected chi connectivity index (χ2v) is 13.1. The number of sulfonamides is 1. The van der Waals surface area contributed by atoms with Crippen LogP contribution in [0.1, 0.15) is 60.2 Å². The zero-order chi connectivity index (χ0) is 31.2. The molecule has 2 aromatic carbocycles. The Morgan fingerprint density at radius 1 is 1.02 bits per heavy atom. The summed E-state index contributed by atoms with van der Waals surface area (Å²) in [6, 6.07) is 10.3. The van der Waals surface area contributed by atoms with Gasteiger partial charge in [-0.15, -0.1) is 0 Å². The van der Waals surface area contributed by atoms with Crippen molar-refractivity contribution < 1.29 is 40.7 Å². The number of hydrogen-bond acceptors (Lipinski definition) is 7. The zero-order valence-electron chi connectivity index (χ0n) is 22.4. The van der Waals surface area contributed by atoms with Crippen molar-refractivity contribution in [3.05, 3.63) is 63.6 Å². The highest BCUT2D eigenvalue weighted by molar-refractivity contribution is 8.14. The number of halogens is 5. The van der Waals surface area contributed by atoms with Crippen molar-refractivity contribution in [2.45, 2.75) is 61.9 Å². The fourth-order valence-electron chi connectivity index (χ4n) is 4.41. The number of thioether (sulfide) groups is 1. The molecule has 0 radical (unpaired) electrons. The molecule has 4 rings (SSSR count). The Kier molecular flexibility index (Phi) is 11.4. The van der Waals surface area contributed by atoms with E-state index in [0.717, 1.165) is 56.6 Å². The zero-order valence-corrected chi connectivity index (χ0v) is 25.6. The Balaban J connectivity index is 0.000000236. The predicted octanol–water partition coefficient (Wildman–Crippen LogP) is 7.37. The first kappa shape index (κ1) is 33.8. The number of nitrogens with zero attached hydrogens (tertiary/aromatic N) is 1. The number of rotatable bonds is 5. The third-order valence-electron chi connectivity index (χ3n) is 6.56. The van der Waals surface area contributed by atoms with Gasteiger partial charge < -0.3 is 10.1 Å². The number of hydrogen-bond donors (Lipinski definition) is 2. The van der Waals surface area contributed by atoms with Crippen LogP contribution in [0.15, 0.2) is 42.5 Å². The summed E-state index contributed by atoms with van der Waals surface area (Å²) < 4.78 is 64.1. The van der Waals surface area contributed by atoms with Gasteiger partial charge in [0.05, 0.1) is 29.7 Å². The van der Waals surface area contributed by atoms with E-state index in [4.69, 9.17) is 23.2 Å². The van der Waals surface area contributed by atoms with Crippen molar-refractivity contribution in [1.82, 2.24) is 10.2 Å². The van der Waals surface area contributed by atoms with Gasteiger partial charge in [-0.25, -0.2) is 9.59 Å². The number of methoxy groups -OCH3 is 1. The molecule has 2 N–H and O–H groups in total. The second kappa shape index (κ2) is 14.2. The van der Waals surface area contributed by atoms with Crippen LogP contribution in [0.5, 0.6) is 0 Å². The maximum absolute atomic E-state index is 12.5. The molecular formula is C26H28Cl2F3N3O6S2. The van der Waals surface area contributed by atoms with Crippen molar-refractivity contribution in [3.8, 4) is 0 Å². The maximum atomic E-state index is 12.5. The molecule has 0 aromatic heterocycles. The number of urea groups is 1. The quantitative estimate of drug-likeness (QED) is 0.319. The molecule has 42 heavy (non-hydrogen) atoms. The van der Waals surface area contributed by atoms with Crippen LogP contribution in [0.25, 0.3) is 0 Å². The molecule has 0 unspecified atom stereocenters. The third-order valence-corrected chi connectivity index (χ3v) is 9.46. The van der Waals surface area contributed by atoms with Crippen LogP contribution >= 0.6 is 35.0 Å². The number of carbonyl (C=O) groups is 3. The topological polar surface area (TPSA) is 122 Å². The summed E-state index contributed by atoms with van der Waals surface area (Å²) in [5, 5.41) is 3.52. The van der Waals surface area contributed by atoms with Crippen molar-refractivity contribution in [1.29, 1.82) is 0 Å². The van der Waals surface area contributed by atoms with E-state index in [1.807, 2.05) is 31.2 Å². The fraction of sp³-hybridized carbons (Fsp3) is 0.423. The van der Waals surface area contributed by atoms with Gasteiger partial charge in [0.1, 0.15) is 0 Å². The van der Waals surface area contributed by atoms with Crippen LogP contribution in [0.4, 0.5) is 28.4 Å². The lowest BCUT2D eigenvalue weighted by molar-refractivity contribution is -0.0429. The van der Waals surface area contributed by atoms with Crippen molar-refractivity contribution >= 4 is 67.9 Å². The van der Waals surface area contributed by atoms with Gasteiger partial charge in [-0.1, -0.05) is 66.4 Å². The number of anilines is 1. The number of esters is 1. The maximum Gasteiger partial charge on any atom is 0.516 e. The lowest BCUT2D eigenvalue weighted by Crippen LogP contribution is -2.48. The van der Waals surface area contributed by atoms with Crippen LogP contribution in [0.3, 0.4) is 0 Å². The van der Waals surface area contributed by atoms with E-state index >= 15 is 0 Å². The first-order chi connectivity index (χ1) is 19.6. The van der Waals surface area contributed by atoms with Crippen LogP contribution in [0, 0.1) is 0 Å². The summed E-state index contributed by atoms with van der Waals surface area (Å²) >= 11 is 12.7. The molecule has 1 saturated carbocycles. The molecule has 0 spiro atoms. The smallest absolute Gasteiger partial charge is 0.465 e. The average Bonchev–Trinajstić information content (AvgIpc) is 3.23. The molecule has 0 bridgehead atoms. The van der Waals surface area contributed by atoms with Crippen molar-refractivity contribution in [3.63, 3.8) is 0 Å². The number of carbonyl (C=O) groups excluding carboxylic acids is 3. The van der Waals surface area contributed by atoms with Gasteiger partial charge in [-0.3, -0.25) is 14.4 Å². The van der Waals surface area contributed by atoms with Gasteiger partial charge in [0.2, 0.25) is 0 Å². The molecule has 2 atom stereocenters. The monoisotopic (exact) mass is 669 g/mol. The molecule has 2 aromatic rings. The molecule has 230 valence electrons. The molecule has 16 heteroatoms. The van der Waals surface area contributed by atoms with E-state index in [0.29, 0.717) is 5.02 Å². The molecule has 3 amide bonds. The first-order valence-electron chi connectivity index (χ1n) is 12.7. The molecule has 1 aliphatic heterocycles. The van der Waals surface area contributed by atoms with Gasteiger partial charge in [-0.2, -0.15) is 21.6 Å². The Labute approximate surface area is 255 Å². The minimum atomic E-state index is -5.63. The highest BCUT2D eigenvalue weighted by atomic mass is 35.5. The van der Waals surface area contributed by atoms with E-state index in [9.17, 15) is 36.0 Å². The Hall–Kier alpha value is -2.68. The van der Waals surface area contributed by atoms with Crippen LogP contribution < -0.4 is 10.0 Å². The Morgan fingerprint density at radius 2 is 1.62 bits per heavy atom. The highest BCUT2D eigenvalue weighted by Crippen LogP contribution is 2.43. The predicted molar refractivity (Wildman–Crippen MR) is 155 cm³/mol. The van der Waals surface area contributed by atoms with Gasteiger partial charge in [0.15, 0.2) is 0 Å². The number of benzene rings is 2. The lowest BCUT2D eigenvalue weighted by Gasteiger charge is -2.27. The van der Waals surface area contributed by atoms with E-state index < -0.39 is 32.8 Å². The van der Waals surface area contributed by atoms with E-state index in [-0.39, 0.29) is 33.6 Å². The van der Waals surface area contributed by atoms with Crippen LogP contribution in [-0.2, 0) is 14.8 Å². The normalized spacial score (nSPS) is 19.5. The van der Waals surface area contributed by atoms with E-state index in [1.165, 1.54) is 27.8 Å². The molecular weight excluding hydrogens is 642 g/mol. The van der Waals surface area contributed by atoms with Crippen molar-refractivity contribution in [2.24, 2.45) is 0 Å². The highest BCUT2D eigenvalue weighted by Gasteiger charge is 2.46. The van der Waals surface area contributed by atoms with Gasteiger partial charge >= 0.3 is 27.5 Å². The van der Waals surface area contributed by atoms with Gasteiger partial charge in [0.25, 0.3) is 5.24 Å². The summed E-state index contributed by atoms with van der Waals surface area (Å²) in [5.41, 5.74) is -5.48. The largest absolute Gasteiger partial charge is 0.516 e. The minimum absolute atomic E-state index is 0.0374. The SMILES string of the molecule is COC(=O)c1cc(Cl)ccc1NS(=O)(=O)C(F)(F)F.C[C@H]1[C@H](c2ccc(Cl)cc2)SC(=O)N1C(=O)NC1CCCCC1. The molecule has 1 heterocycles. The summed E-state index contributed by atoms with van der Waals surface area (Å²) in [6.07, 6.45) is 5.55. The molecule has 1 aliphatic carbocycles. The van der Waals surface area contributed by atoms with Crippen LogP contribution in [-0.4, -0.2) is 55.3 Å². The number of ether oxygens (including phenoxy) is 1. The Bertz CT molecular complexity index is 1400. The summed E-state index contributed by atoms with van der Waals surface area (Å²) in [5.74, 6) is -1.03. The standard InChI is InChI=1S/C17H21ClN2O2S.C9H7ClF3NO4S/c1-11-15(12-7-9-13(18)10-8-12)23-17(22)20(11)16(21)19-14-5-3-2-4-6-14;1-18-8(15)6-4-5(10)2-3-7(6)14-19(16,17)9(11,12)13/h7-11,14-15H,2-6H2,1H3,(H,19,21);2-4,14H,1H3/t11-,15+;/m0./s1. The number of imide groups is 1. The number of nitrogens with one attached hydrogen (secondary N) is 2. The summed E-state index contributed by atoms with van der Waals surface area (Å²) in [7, 11) is -4.64. The minimum Gasteiger partial charge on any atom is -0.465 e. The number of amides is 3. The summed E-state index contributed by atoms with van der Waals surface area (Å²) in [6.45, 7) is 1.93. The van der Waals surface area contributed by atoms with Gasteiger partial charge in [0, 0.05) is 16.1 Å². The van der Waals surface area contributed by atoms with E-state index in [2.05, 4.69) is 10.1 Å².